The molecule has 21 heavy (non-hydrogen) atoms. The van der Waals surface area contributed by atoms with Crippen LogP contribution in [0.5, 0.6) is 0 Å². The minimum atomic E-state index is -1.03. The number of carbonyl (C=O) groups excluding carboxylic acids is 1. The normalized spacial score (nSPS) is 11.9. The van der Waals surface area contributed by atoms with Crippen LogP contribution in [0.15, 0.2) is 33.9 Å². The molecule has 1 aromatic carbocycles. The number of hydrogen-bond donors (Lipinski definition) is 4. The van der Waals surface area contributed by atoms with Crippen LogP contribution in [0.2, 0.25) is 0 Å². The average molecular weight is 288 g/mol. The number of benzene rings is 1. The van der Waals surface area contributed by atoms with Crippen LogP contribution in [0, 0.1) is 13.8 Å². The summed E-state index contributed by atoms with van der Waals surface area (Å²) in [6.45, 7) is 3.48. The number of nitrogens with two attached hydrogens (primary N) is 1. The van der Waals surface area contributed by atoms with Gasteiger partial charge in [0.25, 0.3) is 5.56 Å². The van der Waals surface area contributed by atoms with Crippen molar-refractivity contribution in [2.45, 2.75) is 19.9 Å². The Morgan fingerprint density at radius 1 is 1.14 bits per heavy atom. The van der Waals surface area contributed by atoms with Crippen LogP contribution < -0.4 is 22.3 Å². The highest BCUT2D eigenvalue weighted by molar-refractivity contribution is 5.84. The van der Waals surface area contributed by atoms with Gasteiger partial charge in [-0.3, -0.25) is 14.6 Å². The lowest BCUT2D eigenvalue weighted by atomic mass is 10.1. The molecular weight excluding hydrogens is 272 g/mol. The van der Waals surface area contributed by atoms with Crippen molar-refractivity contribution in [3.8, 4) is 0 Å². The van der Waals surface area contributed by atoms with E-state index in [1.165, 1.54) is 0 Å². The van der Waals surface area contributed by atoms with E-state index in [9.17, 15) is 14.4 Å². The fourth-order valence-electron chi connectivity index (χ4n) is 2.06. The monoisotopic (exact) mass is 288 g/mol. The fraction of sp³-hybridized carbons (Fsp3) is 0.214. The molecule has 0 aliphatic carbocycles. The molecule has 7 heteroatoms. The molecule has 1 aromatic heterocycles. The van der Waals surface area contributed by atoms with Gasteiger partial charge in [0.05, 0.1) is 5.56 Å². The molecule has 1 atom stereocenters. The molecule has 0 radical (unpaired) electrons. The summed E-state index contributed by atoms with van der Waals surface area (Å²) in [6, 6.07) is 6.25. The van der Waals surface area contributed by atoms with Crippen LogP contribution in [0.1, 0.15) is 22.9 Å². The zero-order valence-electron chi connectivity index (χ0n) is 11.7. The lowest BCUT2D eigenvalue weighted by Crippen LogP contribution is -2.36. The number of primary amides is 1. The highest BCUT2D eigenvalue weighted by Crippen LogP contribution is 2.18. The summed E-state index contributed by atoms with van der Waals surface area (Å²) in [5, 5.41) is 2.91. The highest BCUT2D eigenvalue weighted by Gasteiger charge is 2.23. The number of aromatic amines is 2. The highest BCUT2D eigenvalue weighted by atomic mass is 16.2. The Morgan fingerprint density at radius 3 is 2.29 bits per heavy atom. The predicted octanol–water partition coefficient (Wildman–Crippen LogP) is 0.319. The van der Waals surface area contributed by atoms with Gasteiger partial charge < -0.3 is 16.0 Å². The van der Waals surface area contributed by atoms with E-state index >= 15 is 0 Å². The molecule has 2 rings (SSSR count). The third-order valence-corrected chi connectivity index (χ3v) is 3.11. The fourth-order valence-corrected chi connectivity index (χ4v) is 2.06. The SMILES string of the molecule is Cc1ccc(N[C@H](C(N)=O)c2c(C)[nH]c(=O)[nH]c2=O)cc1. The summed E-state index contributed by atoms with van der Waals surface area (Å²) in [5.41, 5.74) is 6.22. The zero-order valence-corrected chi connectivity index (χ0v) is 11.7. The number of carbonyl (C=O) groups is 1. The molecule has 7 nitrogen and oxygen atoms in total. The molecule has 0 saturated heterocycles. The van der Waals surface area contributed by atoms with Gasteiger partial charge in [-0.2, -0.15) is 0 Å². The lowest BCUT2D eigenvalue weighted by Gasteiger charge is -2.17. The molecule has 0 spiro atoms. The Labute approximate surface area is 120 Å². The molecule has 0 fully saturated rings. The molecule has 1 heterocycles. The van der Waals surface area contributed by atoms with Gasteiger partial charge in [-0.05, 0) is 26.0 Å². The molecule has 2 aromatic rings. The third-order valence-electron chi connectivity index (χ3n) is 3.11. The maximum atomic E-state index is 11.9. The summed E-state index contributed by atoms with van der Waals surface area (Å²) in [4.78, 5) is 39.4. The number of rotatable bonds is 4. The Balaban J connectivity index is 2.45. The first kappa shape index (κ1) is 14.6. The number of anilines is 1. The van der Waals surface area contributed by atoms with E-state index in [4.69, 9.17) is 5.73 Å². The minimum absolute atomic E-state index is 0.0997. The topological polar surface area (TPSA) is 121 Å². The van der Waals surface area contributed by atoms with Crippen molar-refractivity contribution in [3.05, 3.63) is 61.9 Å². The number of hydrogen-bond acceptors (Lipinski definition) is 4. The van der Waals surface area contributed by atoms with Crippen molar-refractivity contribution in [2.75, 3.05) is 5.32 Å². The standard InChI is InChI=1S/C14H16N4O3/c1-7-3-5-9(6-4-7)17-11(12(15)19)10-8(2)16-14(21)18-13(10)20/h3-6,11,17H,1-2H3,(H2,15,19)(H2,16,18,20,21)/t11-/m0/s1. The number of H-pyrrole nitrogens is 2. The second-order valence-electron chi connectivity index (χ2n) is 4.79. The van der Waals surface area contributed by atoms with Crippen LogP contribution in [0.4, 0.5) is 5.69 Å². The van der Waals surface area contributed by atoms with Gasteiger partial charge in [0.1, 0.15) is 6.04 Å². The van der Waals surface area contributed by atoms with Gasteiger partial charge in [0, 0.05) is 11.4 Å². The van der Waals surface area contributed by atoms with Gasteiger partial charge in [-0.25, -0.2) is 4.79 Å². The van der Waals surface area contributed by atoms with E-state index in [1.54, 1.807) is 19.1 Å². The van der Waals surface area contributed by atoms with E-state index in [-0.39, 0.29) is 5.56 Å². The van der Waals surface area contributed by atoms with E-state index in [0.29, 0.717) is 11.4 Å². The first-order chi connectivity index (χ1) is 9.88. The quantitative estimate of drug-likeness (QED) is 0.647. The Kier molecular flexibility index (Phi) is 3.93. The summed E-state index contributed by atoms with van der Waals surface area (Å²) < 4.78 is 0. The van der Waals surface area contributed by atoms with E-state index in [0.717, 1.165) is 5.56 Å². The average Bonchev–Trinajstić information content (AvgIpc) is 2.38. The first-order valence-corrected chi connectivity index (χ1v) is 6.34. The molecule has 0 aliphatic heterocycles. The molecule has 1 amide bonds. The van der Waals surface area contributed by atoms with Crippen molar-refractivity contribution in [3.63, 3.8) is 0 Å². The van der Waals surface area contributed by atoms with Gasteiger partial charge in [0.15, 0.2) is 0 Å². The maximum Gasteiger partial charge on any atom is 0.325 e. The summed E-state index contributed by atoms with van der Waals surface area (Å²) in [6.07, 6.45) is 0. The van der Waals surface area contributed by atoms with Crippen LogP contribution in [0.3, 0.4) is 0 Å². The molecule has 0 bridgehead atoms. The Morgan fingerprint density at radius 2 is 1.76 bits per heavy atom. The second kappa shape index (κ2) is 5.66. The van der Waals surface area contributed by atoms with Crippen LogP contribution in [-0.2, 0) is 4.79 Å². The summed E-state index contributed by atoms with van der Waals surface area (Å²) >= 11 is 0. The van der Waals surface area contributed by atoms with Crippen molar-refractivity contribution in [1.29, 1.82) is 0 Å². The minimum Gasteiger partial charge on any atom is -0.370 e. The lowest BCUT2D eigenvalue weighted by molar-refractivity contribution is -0.118. The van der Waals surface area contributed by atoms with Crippen LogP contribution in [0.25, 0.3) is 0 Å². The number of amides is 1. The Bertz CT molecular complexity index is 774. The number of aromatic nitrogens is 2. The molecular formula is C14H16N4O3. The molecule has 5 N–H and O–H groups in total. The van der Waals surface area contributed by atoms with Crippen molar-refractivity contribution in [2.24, 2.45) is 5.73 Å². The summed E-state index contributed by atoms with van der Waals surface area (Å²) in [5.74, 6) is -0.712. The Hall–Kier alpha value is -2.83. The molecule has 0 unspecified atom stereocenters. The van der Waals surface area contributed by atoms with Gasteiger partial charge >= 0.3 is 5.69 Å². The first-order valence-electron chi connectivity index (χ1n) is 6.34. The largest absolute Gasteiger partial charge is 0.370 e. The van der Waals surface area contributed by atoms with E-state index in [2.05, 4.69) is 15.3 Å². The second-order valence-corrected chi connectivity index (χ2v) is 4.79. The smallest absolute Gasteiger partial charge is 0.325 e. The van der Waals surface area contributed by atoms with Crippen LogP contribution >= 0.6 is 0 Å². The van der Waals surface area contributed by atoms with E-state index in [1.807, 2.05) is 19.1 Å². The summed E-state index contributed by atoms with van der Waals surface area (Å²) in [7, 11) is 0. The zero-order chi connectivity index (χ0) is 15.6. The molecule has 0 aliphatic rings. The van der Waals surface area contributed by atoms with Crippen molar-refractivity contribution < 1.29 is 4.79 Å². The molecule has 0 saturated carbocycles. The van der Waals surface area contributed by atoms with Crippen molar-refractivity contribution >= 4 is 11.6 Å². The van der Waals surface area contributed by atoms with Gasteiger partial charge in [0.2, 0.25) is 5.91 Å². The predicted molar refractivity (Wildman–Crippen MR) is 79.2 cm³/mol. The van der Waals surface area contributed by atoms with Gasteiger partial charge in [-0.1, -0.05) is 17.7 Å². The van der Waals surface area contributed by atoms with E-state index < -0.39 is 23.2 Å². The van der Waals surface area contributed by atoms with Gasteiger partial charge in [-0.15, -0.1) is 0 Å². The van der Waals surface area contributed by atoms with Crippen LogP contribution in [-0.4, -0.2) is 15.9 Å². The number of aryl methyl sites for hydroxylation is 2. The maximum absolute atomic E-state index is 11.9. The van der Waals surface area contributed by atoms with Crippen molar-refractivity contribution in [1.82, 2.24) is 9.97 Å². The molecule has 110 valence electrons. The third kappa shape index (κ3) is 3.19. The number of nitrogens with one attached hydrogen (secondary N) is 3.